The molecule has 3 N–H and O–H groups in total. The van der Waals surface area contributed by atoms with E-state index in [2.05, 4.69) is 5.32 Å². The standard InChI is InChI=1S/C21H20N2O4/c1-27-18-11-5-10-17(13-18)22-19(24)21(20(25)23-26)12-6-9-16(14-21)15-7-3-2-4-8-15/h2-13,26H,14H2,1H3,(H,22,24)(H,23,25). The van der Waals surface area contributed by atoms with Gasteiger partial charge in [-0.25, -0.2) is 5.48 Å². The third-order valence-corrected chi connectivity index (χ3v) is 4.53. The number of benzene rings is 2. The summed E-state index contributed by atoms with van der Waals surface area (Å²) in [7, 11) is 1.53. The van der Waals surface area contributed by atoms with Crippen molar-refractivity contribution in [2.75, 3.05) is 12.4 Å². The number of anilines is 1. The van der Waals surface area contributed by atoms with Gasteiger partial charge < -0.3 is 10.1 Å². The minimum atomic E-state index is -1.57. The average molecular weight is 364 g/mol. The highest BCUT2D eigenvalue weighted by atomic mass is 16.5. The maximum absolute atomic E-state index is 13.1. The molecule has 0 fully saturated rings. The van der Waals surface area contributed by atoms with E-state index in [0.29, 0.717) is 11.4 Å². The highest BCUT2D eigenvalue weighted by Crippen LogP contribution is 2.38. The second-order valence-electron chi connectivity index (χ2n) is 6.19. The molecule has 0 saturated heterocycles. The quantitative estimate of drug-likeness (QED) is 0.432. The first kappa shape index (κ1) is 18.4. The van der Waals surface area contributed by atoms with Crippen LogP contribution in [-0.2, 0) is 9.59 Å². The van der Waals surface area contributed by atoms with Crippen LogP contribution in [0, 0.1) is 5.41 Å². The van der Waals surface area contributed by atoms with Gasteiger partial charge in [-0.15, -0.1) is 0 Å². The normalized spacial score (nSPS) is 18.4. The van der Waals surface area contributed by atoms with E-state index in [1.54, 1.807) is 35.8 Å². The molecule has 1 atom stereocenters. The third-order valence-electron chi connectivity index (χ3n) is 4.53. The lowest BCUT2D eigenvalue weighted by molar-refractivity contribution is -0.143. The average Bonchev–Trinajstić information content (AvgIpc) is 2.73. The topological polar surface area (TPSA) is 87.7 Å². The molecule has 2 amide bonds. The highest BCUT2D eigenvalue weighted by molar-refractivity contribution is 6.13. The molecule has 0 spiro atoms. The molecule has 0 bridgehead atoms. The van der Waals surface area contributed by atoms with E-state index in [0.717, 1.165) is 11.1 Å². The van der Waals surface area contributed by atoms with Crippen molar-refractivity contribution in [2.24, 2.45) is 5.41 Å². The van der Waals surface area contributed by atoms with Crippen molar-refractivity contribution < 1.29 is 19.5 Å². The molecule has 27 heavy (non-hydrogen) atoms. The molecule has 0 aromatic heterocycles. The summed E-state index contributed by atoms with van der Waals surface area (Å²) in [6, 6.07) is 16.3. The van der Waals surface area contributed by atoms with Gasteiger partial charge in [-0.05, 0) is 29.7 Å². The van der Waals surface area contributed by atoms with Gasteiger partial charge in [-0.3, -0.25) is 14.8 Å². The smallest absolute Gasteiger partial charge is 0.263 e. The largest absolute Gasteiger partial charge is 0.497 e. The van der Waals surface area contributed by atoms with E-state index >= 15 is 0 Å². The minimum Gasteiger partial charge on any atom is -0.497 e. The second-order valence-corrected chi connectivity index (χ2v) is 6.19. The number of amides is 2. The number of rotatable bonds is 5. The van der Waals surface area contributed by atoms with Gasteiger partial charge in [0.25, 0.3) is 5.91 Å². The molecule has 2 aromatic carbocycles. The molecular formula is C21H20N2O4. The van der Waals surface area contributed by atoms with Crippen LogP contribution < -0.4 is 15.5 Å². The van der Waals surface area contributed by atoms with Crippen LogP contribution in [0.3, 0.4) is 0 Å². The van der Waals surface area contributed by atoms with Crippen LogP contribution in [0.25, 0.3) is 5.57 Å². The van der Waals surface area contributed by atoms with Gasteiger partial charge in [0.15, 0.2) is 5.41 Å². The Kier molecular flexibility index (Phi) is 5.38. The first-order chi connectivity index (χ1) is 13.1. The van der Waals surface area contributed by atoms with Crippen LogP contribution >= 0.6 is 0 Å². The first-order valence-electron chi connectivity index (χ1n) is 8.43. The zero-order valence-electron chi connectivity index (χ0n) is 14.8. The van der Waals surface area contributed by atoms with Gasteiger partial charge >= 0.3 is 0 Å². The van der Waals surface area contributed by atoms with Crippen molar-refractivity contribution in [3.63, 3.8) is 0 Å². The number of methoxy groups -OCH3 is 1. The Bertz CT molecular complexity index is 905. The summed E-state index contributed by atoms with van der Waals surface area (Å²) in [4.78, 5) is 25.6. The molecule has 0 saturated carbocycles. The number of hydrogen-bond acceptors (Lipinski definition) is 4. The molecule has 0 radical (unpaired) electrons. The SMILES string of the molecule is COc1cccc(NC(=O)C2(C(=O)NO)C=CC=C(c3ccccc3)C2)c1. The Hall–Kier alpha value is -3.38. The fraction of sp³-hybridized carbons (Fsp3) is 0.143. The van der Waals surface area contributed by atoms with Crippen molar-refractivity contribution in [1.82, 2.24) is 5.48 Å². The van der Waals surface area contributed by atoms with Gasteiger partial charge in [0.2, 0.25) is 5.91 Å². The van der Waals surface area contributed by atoms with Gasteiger partial charge in [-0.2, -0.15) is 0 Å². The minimum absolute atomic E-state index is 0.121. The Morgan fingerprint density at radius 3 is 2.56 bits per heavy atom. The maximum Gasteiger partial charge on any atom is 0.263 e. The van der Waals surface area contributed by atoms with Crippen LogP contribution in [-0.4, -0.2) is 24.1 Å². The maximum atomic E-state index is 13.1. The van der Waals surface area contributed by atoms with Gasteiger partial charge in [0.1, 0.15) is 5.75 Å². The lowest BCUT2D eigenvalue weighted by atomic mass is 9.75. The van der Waals surface area contributed by atoms with Crippen molar-refractivity contribution in [3.05, 3.63) is 78.4 Å². The molecule has 6 nitrogen and oxygen atoms in total. The number of carbonyl (C=O) groups excluding carboxylic acids is 2. The summed E-state index contributed by atoms with van der Waals surface area (Å²) in [6.45, 7) is 0. The Morgan fingerprint density at radius 1 is 1.07 bits per heavy atom. The molecule has 2 aromatic rings. The van der Waals surface area contributed by atoms with E-state index in [-0.39, 0.29) is 6.42 Å². The van der Waals surface area contributed by atoms with Crippen LogP contribution in [0.2, 0.25) is 0 Å². The fourth-order valence-electron chi connectivity index (χ4n) is 3.06. The monoisotopic (exact) mass is 364 g/mol. The third kappa shape index (κ3) is 3.75. The van der Waals surface area contributed by atoms with Crippen LogP contribution in [0.15, 0.2) is 72.8 Å². The summed E-state index contributed by atoms with van der Waals surface area (Å²) in [5.41, 5.74) is 2.29. The first-order valence-corrected chi connectivity index (χ1v) is 8.43. The number of nitrogens with one attached hydrogen (secondary N) is 2. The number of carbonyl (C=O) groups is 2. The molecule has 0 aliphatic heterocycles. The molecule has 138 valence electrons. The van der Waals surface area contributed by atoms with Crippen molar-refractivity contribution >= 4 is 23.1 Å². The van der Waals surface area contributed by atoms with Crippen LogP contribution in [0.5, 0.6) is 5.75 Å². The van der Waals surface area contributed by atoms with E-state index in [1.165, 1.54) is 13.2 Å². The Balaban J connectivity index is 1.91. The molecule has 1 aliphatic carbocycles. The molecule has 0 heterocycles. The Labute approximate surface area is 157 Å². The summed E-state index contributed by atoms with van der Waals surface area (Å²) in [5, 5.41) is 12.0. The van der Waals surface area contributed by atoms with E-state index in [9.17, 15) is 14.8 Å². The zero-order valence-corrected chi connectivity index (χ0v) is 14.8. The molecule has 1 unspecified atom stereocenters. The predicted octanol–water partition coefficient (Wildman–Crippen LogP) is 3.17. The summed E-state index contributed by atoms with van der Waals surface area (Å²) >= 11 is 0. The molecule has 1 aliphatic rings. The number of ether oxygens (including phenoxy) is 1. The zero-order chi connectivity index (χ0) is 19.3. The lowest BCUT2D eigenvalue weighted by Crippen LogP contribution is -2.47. The van der Waals surface area contributed by atoms with E-state index < -0.39 is 17.2 Å². The van der Waals surface area contributed by atoms with E-state index in [4.69, 9.17) is 4.74 Å². The number of allylic oxidation sites excluding steroid dienone is 3. The molecule has 6 heteroatoms. The Morgan fingerprint density at radius 2 is 1.85 bits per heavy atom. The van der Waals surface area contributed by atoms with Gasteiger partial charge in [-0.1, -0.05) is 54.6 Å². The fourth-order valence-corrected chi connectivity index (χ4v) is 3.06. The summed E-state index contributed by atoms with van der Waals surface area (Å²) < 4.78 is 5.16. The lowest BCUT2D eigenvalue weighted by Gasteiger charge is -2.30. The number of hydrogen-bond donors (Lipinski definition) is 3. The number of hydroxylamine groups is 1. The predicted molar refractivity (Wildman–Crippen MR) is 102 cm³/mol. The van der Waals surface area contributed by atoms with Crippen molar-refractivity contribution in [1.29, 1.82) is 0 Å². The van der Waals surface area contributed by atoms with Crippen LogP contribution in [0.1, 0.15) is 12.0 Å². The highest BCUT2D eigenvalue weighted by Gasteiger charge is 2.45. The van der Waals surface area contributed by atoms with E-state index in [1.807, 2.05) is 36.4 Å². The van der Waals surface area contributed by atoms with Crippen molar-refractivity contribution in [2.45, 2.75) is 6.42 Å². The van der Waals surface area contributed by atoms with Crippen molar-refractivity contribution in [3.8, 4) is 5.75 Å². The second kappa shape index (κ2) is 7.88. The summed E-state index contributed by atoms with van der Waals surface area (Å²) in [5.74, 6) is -0.752. The summed E-state index contributed by atoms with van der Waals surface area (Å²) in [6.07, 6.45) is 5.14. The van der Waals surface area contributed by atoms with Gasteiger partial charge in [0.05, 0.1) is 7.11 Å². The van der Waals surface area contributed by atoms with Crippen LogP contribution in [0.4, 0.5) is 5.69 Å². The molecular weight excluding hydrogens is 344 g/mol. The van der Waals surface area contributed by atoms with Gasteiger partial charge in [0, 0.05) is 11.8 Å². The molecule has 3 rings (SSSR count).